The number of halogens is 1. The van der Waals surface area contributed by atoms with Gasteiger partial charge in [0.25, 0.3) is 5.91 Å². The second-order valence-electron chi connectivity index (χ2n) is 10.6. The van der Waals surface area contributed by atoms with E-state index < -0.39 is 0 Å². The van der Waals surface area contributed by atoms with Gasteiger partial charge in [0.15, 0.2) is 0 Å². The second kappa shape index (κ2) is 7.10. The molecular weight excluding hydrogens is 432 g/mol. The number of aryl methyl sites for hydroxylation is 1. The fourth-order valence-corrected chi connectivity index (χ4v) is 6.12. The fraction of sp³-hybridized carbons (Fsp3) is 0.407. The van der Waals surface area contributed by atoms with Crippen molar-refractivity contribution in [3.63, 3.8) is 0 Å². The van der Waals surface area contributed by atoms with Gasteiger partial charge in [0.05, 0.1) is 17.8 Å². The van der Waals surface area contributed by atoms with Crippen molar-refractivity contribution in [3.8, 4) is 0 Å². The number of benzene rings is 2. The lowest BCUT2D eigenvalue weighted by molar-refractivity contribution is 0.0772. The van der Waals surface area contributed by atoms with Gasteiger partial charge in [0, 0.05) is 23.5 Å². The maximum Gasteiger partial charge on any atom is 0.259 e. The van der Waals surface area contributed by atoms with Gasteiger partial charge in [-0.05, 0) is 62.3 Å². The smallest absolute Gasteiger partial charge is 0.259 e. The molecule has 0 radical (unpaired) electrons. The van der Waals surface area contributed by atoms with Crippen LogP contribution in [0.5, 0.6) is 0 Å². The molecule has 3 heterocycles. The van der Waals surface area contributed by atoms with Crippen molar-refractivity contribution in [2.75, 3.05) is 18.4 Å². The van der Waals surface area contributed by atoms with Gasteiger partial charge in [0.2, 0.25) is 0 Å². The molecule has 1 saturated heterocycles. The topological polar surface area (TPSA) is 50.2 Å². The zero-order valence-electron chi connectivity index (χ0n) is 19.3. The van der Waals surface area contributed by atoms with E-state index in [1.54, 1.807) is 6.20 Å². The number of fused-ring (bicyclic) bond motifs is 2. The van der Waals surface area contributed by atoms with Crippen molar-refractivity contribution < 1.29 is 4.79 Å². The molecule has 1 aromatic heterocycles. The van der Waals surface area contributed by atoms with Crippen LogP contribution in [0.1, 0.15) is 59.8 Å². The summed E-state index contributed by atoms with van der Waals surface area (Å²) in [6.45, 7) is 7.99. The summed E-state index contributed by atoms with van der Waals surface area (Å²) in [6.07, 6.45) is 3.80. The Morgan fingerprint density at radius 2 is 1.94 bits per heavy atom. The Morgan fingerprint density at radius 3 is 2.70 bits per heavy atom. The number of carbonyl (C=O) groups excluding carboxylic acids is 1. The maximum absolute atomic E-state index is 13.7. The average molecular weight is 461 g/mol. The Morgan fingerprint density at radius 1 is 1.15 bits per heavy atom. The van der Waals surface area contributed by atoms with Gasteiger partial charge in [-0.2, -0.15) is 5.10 Å². The first-order valence-corrected chi connectivity index (χ1v) is 12.1. The highest BCUT2D eigenvalue weighted by Gasteiger charge is 2.61. The van der Waals surface area contributed by atoms with Crippen molar-refractivity contribution >= 4 is 23.3 Å². The van der Waals surface area contributed by atoms with Crippen LogP contribution < -0.4 is 5.32 Å². The van der Waals surface area contributed by atoms with Gasteiger partial charge >= 0.3 is 0 Å². The molecule has 6 heteroatoms. The second-order valence-corrected chi connectivity index (χ2v) is 11.1. The van der Waals surface area contributed by atoms with E-state index >= 15 is 0 Å². The SMILES string of the molecule is Cc1cc(C23CC2CN(C(=O)c2cnn4c2N[C@@H](c2ccccc2)CC4(C)C)C3)ccc1Cl. The van der Waals surface area contributed by atoms with Crippen LogP contribution in [0.2, 0.25) is 5.02 Å². The molecule has 2 aromatic carbocycles. The lowest BCUT2D eigenvalue weighted by Gasteiger charge is -2.38. The molecule has 1 saturated carbocycles. The highest BCUT2D eigenvalue weighted by atomic mass is 35.5. The van der Waals surface area contributed by atoms with E-state index in [1.807, 2.05) is 28.6 Å². The summed E-state index contributed by atoms with van der Waals surface area (Å²) < 4.78 is 1.99. The number of carbonyl (C=O) groups is 1. The number of aromatic nitrogens is 2. The molecule has 2 unspecified atom stereocenters. The molecular formula is C27H29ClN4O. The van der Waals surface area contributed by atoms with E-state index in [9.17, 15) is 4.79 Å². The number of likely N-dealkylation sites (tertiary alicyclic amines) is 1. The van der Waals surface area contributed by atoms with Crippen molar-refractivity contribution in [2.45, 2.75) is 50.6 Å². The first kappa shape index (κ1) is 20.8. The minimum atomic E-state index is -0.186. The number of anilines is 1. The minimum Gasteiger partial charge on any atom is -0.363 e. The van der Waals surface area contributed by atoms with Gasteiger partial charge in [-0.3, -0.25) is 4.79 Å². The molecule has 170 valence electrons. The van der Waals surface area contributed by atoms with Crippen LogP contribution in [-0.2, 0) is 11.0 Å². The Bertz CT molecular complexity index is 1250. The van der Waals surface area contributed by atoms with Crippen LogP contribution in [-0.4, -0.2) is 33.7 Å². The molecule has 2 aliphatic heterocycles. The highest BCUT2D eigenvalue weighted by molar-refractivity contribution is 6.31. The van der Waals surface area contributed by atoms with Crippen LogP contribution in [0.3, 0.4) is 0 Å². The van der Waals surface area contributed by atoms with Crippen molar-refractivity contribution in [3.05, 3.63) is 82.0 Å². The van der Waals surface area contributed by atoms with Crippen LogP contribution in [0.25, 0.3) is 0 Å². The summed E-state index contributed by atoms with van der Waals surface area (Å²) in [5.74, 6) is 1.43. The Kier molecular flexibility index (Phi) is 4.47. The Hall–Kier alpha value is -2.79. The average Bonchev–Trinajstić information content (AvgIpc) is 3.14. The summed E-state index contributed by atoms with van der Waals surface area (Å²) in [5, 5.41) is 9.08. The molecule has 0 bridgehead atoms. The zero-order chi connectivity index (χ0) is 23.0. The standard InChI is InChI=1S/C27H29ClN4O/c1-17-11-19(9-10-22(17)28)27-12-20(27)15-31(16-27)25(33)21-14-29-32-24(21)30-23(13-26(32,2)3)18-7-5-4-6-8-18/h4-11,14,20,23,30H,12-13,15-16H2,1-3H3/t20?,23-,27?/m1/s1. The van der Waals surface area contributed by atoms with Crippen LogP contribution in [0.4, 0.5) is 5.82 Å². The number of hydrogen-bond acceptors (Lipinski definition) is 3. The number of nitrogens with one attached hydrogen (secondary N) is 1. The van der Waals surface area contributed by atoms with Crippen LogP contribution >= 0.6 is 11.6 Å². The van der Waals surface area contributed by atoms with Gasteiger partial charge in [-0.25, -0.2) is 4.68 Å². The number of piperidine rings is 1. The maximum atomic E-state index is 13.7. The van der Waals surface area contributed by atoms with E-state index in [-0.39, 0.29) is 22.9 Å². The van der Waals surface area contributed by atoms with E-state index in [0.717, 1.165) is 42.3 Å². The molecule has 3 aromatic rings. The predicted molar refractivity (Wildman–Crippen MR) is 131 cm³/mol. The molecule has 33 heavy (non-hydrogen) atoms. The third kappa shape index (κ3) is 3.20. The molecule has 5 nitrogen and oxygen atoms in total. The number of nitrogens with zero attached hydrogens (tertiary/aromatic N) is 3. The first-order chi connectivity index (χ1) is 15.8. The predicted octanol–water partition coefficient (Wildman–Crippen LogP) is 5.55. The third-order valence-corrected chi connectivity index (χ3v) is 8.38. The van der Waals surface area contributed by atoms with E-state index in [4.69, 9.17) is 11.6 Å². The quantitative estimate of drug-likeness (QED) is 0.557. The van der Waals surface area contributed by atoms with Crippen LogP contribution in [0, 0.1) is 12.8 Å². The summed E-state index contributed by atoms with van der Waals surface area (Å²) >= 11 is 6.26. The zero-order valence-corrected chi connectivity index (χ0v) is 20.1. The first-order valence-electron chi connectivity index (χ1n) is 11.7. The van der Waals surface area contributed by atoms with Crippen LogP contribution in [0.15, 0.2) is 54.7 Å². The molecule has 3 atom stereocenters. The number of hydrogen-bond donors (Lipinski definition) is 1. The third-order valence-electron chi connectivity index (χ3n) is 7.96. The van der Waals surface area contributed by atoms with Crippen molar-refractivity contribution in [1.82, 2.24) is 14.7 Å². The monoisotopic (exact) mass is 460 g/mol. The Balaban J connectivity index is 1.28. The fourth-order valence-electron chi connectivity index (χ4n) is 6.00. The largest absolute Gasteiger partial charge is 0.363 e. The molecule has 2 fully saturated rings. The van der Waals surface area contributed by atoms with E-state index in [0.29, 0.717) is 11.5 Å². The lowest BCUT2D eigenvalue weighted by atomic mass is 9.89. The summed E-state index contributed by atoms with van der Waals surface area (Å²) in [6, 6.07) is 16.9. The summed E-state index contributed by atoms with van der Waals surface area (Å²) in [4.78, 5) is 15.7. The highest BCUT2D eigenvalue weighted by Crippen LogP contribution is 2.59. The minimum absolute atomic E-state index is 0.0746. The molecule has 1 N–H and O–H groups in total. The molecule has 0 spiro atoms. The molecule has 1 aliphatic carbocycles. The van der Waals surface area contributed by atoms with Crippen molar-refractivity contribution in [1.29, 1.82) is 0 Å². The summed E-state index contributed by atoms with van der Waals surface area (Å²) in [5.41, 5.74) is 4.21. The van der Waals surface area contributed by atoms with Crippen molar-refractivity contribution in [2.24, 2.45) is 5.92 Å². The number of rotatable bonds is 3. The number of amides is 1. The molecule has 6 rings (SSSR count). The molecule has 1 amide bonds. The van der Waals surface area contributed by atoms with Gasteiger partial charge < -0.3 is 10.2 Å². The van der Waals surface area contributed by atoms with E-state index in [2.05, 4.69) is 60.7 Å². The summed E-state index contributed by atoms with van der Waals surface area (Å²) in [7, 11) is 0. The Labute approximate surface area is 199 Å². The van der Waals surface area contributed by atoms with E-state index in [1.165, 1.54) is 11.1 Å². The van der Waals surface area contributed by atoms with Gasteiger partial charge in [-0.15, -0.1) is 0 Å². The van der Waals surface area contributed by atoms with Gasteiger partial charge in [0.1, 0.15) is 11.4 Å². The normalized spacial score (nSPS) is 27.0. The molecule has 3 aliphatic rings. The van der Waals surface area contributed by atoms with Gasteiger partial charge in [-0.1, -0.05) is 54.1 Å². The lowest BCUT2D eigenvalue weighted by Crippen LogP contribution is -2.39.